The van der Waals surface area contributed by atoms with E-state index in [0.29, 0.717) is 0 Å². The number of rotatable bonds is 5. The first-order valence-corrected chi connectivity index (χ1v) is 8.34. The molecular formula is C18H24Cl2N2. The fourth-order valence-corrected chi connectivity index (χ4v) is 3.27. The number of halogens is 2. The second-order valence-electron chi connectivity index (χ2n) is 5.88. The molecule has 0 bridgehead atoms. The summed E-state index contributed by atoms with van der Waals surface area (Å²) in [6.45, 7) is 5.74. The van der Waals surface area contributed by atoms with Crippen molar-refractivity contribution in [2.75, 3.05) is 19.6 Å². The van der Waals surface area contributed by atoms with Crippen LogP contribution in [0.1, 0.15) is 38.2 Å². The number of H-pyrrole nitrogens is 1. The molecule has 1 aliphatic rings. The predicted octanol–water partition coefficient (Wildman–Crippen LogP) is 5.52. The first-order chi connectivity index (χ1) is 10.3. The molecule has 4 heteroatoms. The Kier molecular flexibility index (Phi) is 6.37. The molecule has 1 aromatic heterocycles. The molecule has 1 aliphatic heterocycles. The minimum absolute atomic E-state index is 0. The van der Waals surface area contributed by atoms with Crippen molar-refractivity contribution >= 4 is 40.5 Å². The molecule has 0 atom stereocenters. The van der Waals surface area contributed by atoms with Gasteiger partial charge in [-0.15, -0.1) is 12.4 Å². The van der Waals surface area contributed by atoms with Gasteiger partial charge >= 0.3 is 0 Å². The lowest BCUT2D eigenvalue weighted by Crippen LogP contribution is -2.29. The van der Waals surface area contributed by atoms with Gasteiger partial charge in [0, 0.05) is 40.8 Å². The van der Waals surface area contributed by atoms with Crippen molar-refractivity contribution in [3.63, 3.8) is 0 Å². The summed E-state index contributed by atoms with van der Waals surface area (Å²) in [7, 11) is 0. The van der Waals surface area contributed by atoms with E-state index in [9.17, 15) is 0 Å². The fourth-order valence-electron chi connectivity index (χ4n) is 3.10. The Balaban J connectivity index is 0.00000176. The number of fused-ring (bicyclic) bond motifs is 1. The molecule has 1 aromatic carbocycles. The zero-order valence-corrected chi connectivity index (χ0v) is 14.6. The lowest BCUT2D eigenvalue weighted by Gasteiger charge is -2.26. The van der Waals surface area contributed by atoms with Crippen LogP contribution in [0, 0.1) is 0 Å². The van der Waals surface area contributed by atoms with Crippen LogP contribution in [0.15, 0.2) is 30.5 Å². The van der Waals surface area contributed by atoms with Crippen molar-refractivity contribution in [3.8, 4) is 0 Å². The maximum absolute atomic E-state index is 6.14. The number of hydrogen-bond acceptors (Lipinski definition) is 1. The second-order valence-corrected chi connectivity index (χ2v) is 6.32. The summed E-state index contributed by atoms with van der Waals surface area (Å²) in [4.78, 5) is 5.91. The standard InChI is InChI=1S/C18H23ClN2.ClH/c1-2-3-4-9-21-10-7-14(8-11-21)17-13-20-18-6-5-15(19)12-16(17)18;/h5-7,12-13,20H,2-4,8-11H2,1H3;1H. The van der Waals surface area contributed by atoms with Gasteiger partial charge in [-0.05, 0) is 43.2 Å². The molecule has 0 aliphatic carbocycles. The molecule has 2 nitrogen and oxygen atoms in total. The number of aromatic amines is 1. The highest BCUT2D eigenvalue weighted by Gasteiger charge is 2.15. The first kappa shape index (κ1) is 17.4. The summed E-state index contributed by atoms with van der Waals surface area (Å²) < 4.78 is 0. The normalized spacial score (nSPS) is 15.6. The van der Waals surface area contributed by atoms with Crippen molar-refractivity contribution in [1.82, 2.24) is 9.88 Å². The van der Waals surface area contributed by atoms with Crippen LogP contribution in [-0.2, 0) is 0 Å². The first-order valence-electron chi connectivity index (χ1n) is 7.96. The van der Waals surface area contributed by atoms with Crippen LogP contribution in [0.5, 0.6) is 0 Å². The Morgan fingerprint density at radius 3 is 2.86 bits per heavy atom. The molecule has 120 valence electrons. The minimum atomic E-state index is 0. The number of nitrogens with zero attached hydrogens (tertiary/aromatic N) is 1. The lowest BCUT2D eigenvalue weighted by molar-refractivity contribution is 0.295. The quantitative estimate of drug-likeness (QED) is 0.711. The number of hydrogen-bond donors (Lipinski definition) is 1. The van der Waals surface area contributed by atoms with Gasteiger partial charge < -0.3 is 4.98 Å². The van der Waals surface area contributed by atoms with Crippen molar-refractivity contribution < 1.29 is 0 Å². The molecule has 0 spiro atoms. The highest BCUT2D eigenvalue weighted by Crippen LogP contribution is 2.30. The molecule has 2 aromatic rings. The number of benzene rings is 1. The van der Waals surface area contributed by atoms with Gasteiger partial charge in [0.1, 0.15) is 0 Å². The van der Waals surface area contributed by atoms with E-state index in [4.69, 9.17) is 11.6 Å². The number of aromatic nitrogens is 1. The van der Waals surface area contributed by atoms with Gasteiger partial charge in [-0.25, -0.2) is 0 Å². The van der Waals surface area contributed by atoms with Crippen molar-refractivity contribution in [2.24, 2.45) is 0 Å². The molecule has 1 N–H and O–H groups in total. The lowest BCUT2D eigenvalue weighted by atomic mass is 9.99. The Morgan fingerprint density at radius 2 is 2.14 bits per heavy atom. The monoisotopic (exact) mass is 338 g/mol. The van der Waals surface area contributed by atoms with Crippen molar-refractivity contribution in [2.45, 2.75) is 32.6 Å². The summed E-state index contributed by atoms with van der Waals surface area (Å²) in [5, 5.41) is 2.05. The molecular weight excluding hydrogens is 315 g/mol. The van der Waals surface area contributed by atoms with Gasteiger partial charge in [0.05, 0.1) is 0 Å². The molecule has 0 unspecified atom stereocenters. The molecule has 3 rings (SSSR count). The van der Waals surface area contributed by atoms with Crippen molar-refractivity contribution in [1.29, 1.82) is 0 Å². The zero-order chi connectivity index (χ0) is 14.7. The van der Waals surface area contributed by atoms with Crippen LogP contribution >= 0.6 is 24.0 Å². The van der Waals surface area contributed by atoms with E-state index in [-0.39, 0.29) is 12.4 Å². The SMILES string of the molecule is CCCCCN1CC=C(c2c[nH]c3ccc(Cl)cc23)CC1.Cl. The number of nitrogens with one attached hydrogen (secondary N) is 1. The van der Waals surface area contributed by atoms with E-state index in [1.165, 1.54) is 54.4 Å². The van der Waals surface area contributed by atoms with Crippen LogP contribution < -0.4 is 0 Å². The summed E-state index contributed by atoms with van der Waals surface area (Å²) in [5.74, 6) is 0. The van der Waals surface area contributed by atoms with Crippen LogP contribution in [0.25, 0.3) is 16.5 Å². The predicted molar refractivity (Wildman–Crippen MR) is 99.1 cm³/mol. The average Bonchev–Trinajstić information content (AvgIpc) is 2.91. The topological polar surface area (TPSA) is 19.0 Å². The van der Waals surface area contributed by atoms with E-state index >= 15 is 0 Å². The third-order valence-corrected chi connectivity index (χ3v) is 4.60. The van der Waals surface area contributed by atoms with Gasteiger partial charge in [-0.2, -0.15) is 0 Å². The smallest absolute Gasteiger partial charge is 0.0461 e. The van der Waals surface area contributed by atoms with Crippen LogP contribution in [0.4, 0.5) is 0 Å². The van der Waals surface area contributed by atoms with E-state index in [1.807, 2.05) is 6.07 Å². The van der Waals surface area contributed by atoms with Gasteiger partial charge in [-0.3, -0.25) is 4.90 Å². The van der Waals surface area contributed by atoms with Crippen LogP contribution in [0.2, 0.25) is 5.02 Å². The maximum Gasteiger partial charge on any atom is 0.0461 e. The summed E-state index contributed by atoms with van der Waals surface area (Å²) in [5.41, 5.74) is 3.94. The highest BCUT2D eigenvalue weighted by atomic mass is 35.5. The van der Waals surface area contributed by atoms with Gasteiger partial charge in [0.15, 0.2) is 0 Å². The van der Waals surface area contributed by atoms with E-state index in [1.54, 1.807) is 0 Å². The Hall–Kier alpha value is -0.960. The Bertz CT molecular complexity index is 646. The van der Waals surface area contributed by atoms with Crippen LogP contribution in [0.3, 0.4) is 0 Å². The highest BCUT2D eigenvalue weighted by molar-refractivity contribution is 6.31. The van der Waals surface area contributed by atoms with E-state index in [2.05, 4.69) is 41.2 Å². The van der Waals surface area contributed by atoms with Gasteiger partial charge in [0.2, 0.25) is 0 Å². The maximum atomic E-state index is 6.14. The molecule has 0 saturated heterocycles. The largest absolute Gasteiger partial charge is 0.361 e. The molecule has 0 amide bonds. The van der Waals surface area contributed by atoms with E-state index < -0.39 is 0 Å². The van der Waals surface area contributed by atoms with Gasteiger partial charge in [0.25, 0.3) is 0 Å². The zero-order valence-electron chi connectivity index (χ0n) is 13.1. The molecule has 0 radical (unpaired) electrons. The average molecular weight is 339 g/mol. The van der Waals surface area contributed by atoms with E-state index in [0.717, 1.165) is 18.0 Å². The molecule has 2 heterocycles. The Labute approximate surface area is 143 Å². The Morgan fingerprint density at radius 1 is 1.27 bits per heavy atom. The second kappa shape index (κ2) is 8.05. The molecule has 0 saturated carbocycles. The van der Waals surface area contributed by atoms with Gasteiger partial charge in [-0.1, -0.05) is 37.4 Å². The summed E-state index contributed by atoms with van der Waals surface area (Å²) in [6.07, 6.45) is 9.60. The molecule has 22 heavy (non-hydrogen) atoms. The minimum Gasteiger partial charge on any atom is -0.361 e. The molecule has 0 fully saturated rings. The summed E-state index contributed by atoms with van der Waals surface area (Å²) >= 11 is 6.14. The third kappa shape index (κ3) is 3.87. The number of unbranched alkanes of at least 4 members (excludes halogenated alkanes) is 2. The third-order valence-electron chi connectivity index (χ3n) is 4.36. The van der Waals surface area contributed by atoms with Crippen molar-refractivity contribution in [3.05, 3.63) is 41.1 Å². The fraction of sp³-hybridized carbons (Fsp3) is 0.444. The van der Waals surface area contributed by atoms with Crippen LogP contribution in [-0.4, -0.2) is 29.5 Å². The summed E-state index contributed by atoms with van der Waals surface area (Å²) in [6, 6.07) is 6.06.